The fourth-order valence-corrected chi connectivity index (χ4v) is 2.27. The van der Waals surface area contributed by atoms with Crippen LogP contribution in [0.15, 0.2) is 54.6 Å². The summed E-state index contributed by atoms with van der Waals surface area (Å²) < 4.78 is 13.7. The Morgan fingerprint density at radius 2 is 1.62 bits per heavy atom. The van der Waals surface area contributed by atoms with Crippen LogP contribution in [-0.4, -0.2) is 20.9 Å². The molecule has 0 aliphatic rings. The van der Waals surface area contributed by atoms with Gasteiger partial charge in [0.2, 0.25) is 5.95 Å². The first-order valence-corrected chi connectivity index (χ1v) is 7.51. The van der Waals surface area contributed by atoms with Gasteiger partial charge in [0.15, 0.2) is 0 Å². The van der Waals surface area contributed by atoms with Gasteiger partial charge in [0, 0.05) is 12.1 Å². The lowest BCUT2D eigenvalue weighted by molar-refractivity contribution is 0.0690. The zero-order valence-electron chi connectivity index (χ0n) is 13.2. The molecule has 0 aliphatic heterocycles. The van der Waals surface area contributed by atoms with E-state index < -0.39 is 11.9 Å². The molecule has 0 unspecified atom stereocenters. The molecule has 0 radical (unpaired) electrons. The molecule has 0 bridgehead atoms. The van der Waals surface area contributed by atoms with E-state index in [1.54, 1.807) is 0 Å². The number of nitrogens with zero attached hydrogens (tertiary/aromatic N) is 2. The van der Waals surface area contributed by atoms with E-state index in [2.05, 4.69) is 17.2 Å². The quantitative estimate of drug-likeness (QED) is 0.739. The molecule has 0 amide bonds. The number of aromatic nitrogens is 2. The zero-order chi connectivity index (χ0) is 17.7. The van der Waals surface area contributed by atoms with Crippen molar-refractivity contribution < 1.29 is 14.3 Å². The van der Waals surface area contributed by atoms with Crippen molar-refractivity contribution in [3.63, 3.8) is 0 Å². The predicted molar refractivity (Wildman–Crippen MR) is 91.8 cm³/mol. The van der Waals surface area contributed by atoms with Crippen LogP contribution in [0.25, 0.3) is 11.1 Å². The third kappa shape index (κ3) is 4.20. The summed E-state index contributed by atoms with van der Waals surface area (Å²) >= 11 is 5.80. The highest BCUT2D eigenvalue weighted by molar-refractivity contribution is 6.30. The van der Waals surface area contributed by atoms with Crippen LogP contribution in [0.2, 0.25) is 5.02 Å². The largest absolute Gasteiger partial charge is 0.477 e. The van der Waals surface area contributed by atoms with Gasteiger partial charge in [-0.25, -0.2) is 9.48 Å². The summed E-state index contributed by atoms with van der Waals surface area (Å²) in [6.45, 7) is 1.45. The van der Waals surface area contributed by atoms with Gasteiger partial charge in [-0.05, 0) is 30.2 Å². The third-order valence-electron chi connectivity index (χ3n) is 3.32. The van der Waals surface area contributed by atoms with Crippen molar-refractivity contribution in [3.8, 4) is 11.1 Å². The number of hydrogen-bond donors (Lipinski definition) is 1. The first kappa shape index (κ1) is 17.7. The minimum atomic E-state index is -1.28. The Hall–Kier alpha value is -2.66. The molecule has 0 saturated heterocycles. The summed E-state index contributed by atoms with van der Waals surface area (Å²) in [6, 6.07) is 18.1. The Labute approximate surface area is 144 Å². The van der Waals surface area contributed by atoms with Crippen LogP contribution in [0.1, 0.15) is 16.1 Å². The predicted octanol–water partition coefficient (Wildman–Crippen LogP) is 4.57. The minimum Gasteiger partial charge on any atom is -0.477 e. The van der Waals surface area contributed by atoms with E-state index in [1.807, 2.05) is 42.5 Å². The highest BCUT2D eigenvalue weighted by Crippen LogP contribution is 2.20. The van der Waals surface area contributed by atoms with Crippen molar-refractivity contribution >= 4 is 17.6 Å². The molecule has 0 aliphatic carbocycles. The van der Waals surface area contributed by atoms with E-state index in [4.69, 9.17) is 16.7 Å². The molecule has 3 aromatic rings. The summed E-state index contributed by atoms with van der Waals surface area (Å²) in [4.78, 5) is 10.4. The number of hydrogen-bond acceptors (Lipinski definition) is 2. The van der Waals surface area contributed by atoms with E-state index in [0.717, 1.165) is 9.70 Å². The zero-order valence-corrected chi connectivity index (χ0v) is 14.0. The molecule has 1 aromatic heterocycles. The lowest BCUT2D eigenvalue weighted by atomic mass is 10.1. The normalized spacial score (nSPS) is 10.0. The van der Waals surface area contributed by atoms with Crippen LogP contribution in [0, 0.1) is 12.9 Å². The topological polar surface area (TPSA) is 55.1 Å². The third-order valence-corrected chi connectivity index (χ3v) is 3.57. The maximum Gasteiger partial charge on any atom is 0.342 e. The number of benzene rings is 2. The molecule has 0 atom stereocenters. The molecule has 6 heteroatoms. The van der Waals surface area contributed by atoms with Crippen LogP contribution in [0.4, 0.5) is 4.39 Å². The van der Waals surface area contributed by atoms with Gasteiger partial charge in [-0.15, -0.1) is 0 Å². The van der Waals surface area contributed by atoms with Crippen LogP contribution in [0.5, 0.6) is 0 Å². The number of aryl methyl sites for hydroxylation is 2. The molecule has 24 heavy (non-hydrogen) atoms. The maximum absolute atomic E-state index is 12.8. The van der Waals surface area contributed by atoms with Crippen molar-refractivity contribution in [2.45, 2.75) is 6.92 Å². The SMILES string of the molecule is Cc1nn(C)c(F)c1C(=O)O.Clc1ccc(-c2ccccc2)cc1. The minimum absolute atomic E-state index is 0.192. The maximum atomic E-state index is 12.8. The number of carboxylic acid groups (broad SMARTS) is 1. The highest BCUT2D eigenvalue weighted by atomic mass is 35.5. The summed E-state index contributed by atoms with van der Waals surface area (Å²) in [5.74, 6) is -2.09. The van der Waals surface area contributed by atoms with Crippen molar-refractivity contribution in [2.75, 3.05) is 0 Å². The molecule has 1 heterocycles. The fraction of sp³-hybridized carbons (Fsp3) is 0.111. The van der Waals surface area contributed by atoms with Gasteiger partial charge < -0.3 is 5.11 Å². The fourth-order valence-electron chi connectivity index (χ4n) is 2.15. The van der Waals surface area contributed by atoms with Crippen molar-refractivity contribution in [3.05, 3.63) is 76.8 Å². The van der Waals surface area contributed by atoms with Gasteiger partial charge in [0.05, 0.1) is 5.69 Å². The Kier molecular flexibility index (Phi) is 5.71. The van der Waals surface area contributed by atoms with E-state index >= 15 is 0 Å². The smallest absolute Gasteiger partial charge is 0.342 e. The molecule has 2 aromatic carbocycles. The molecule has 0 spiro atoms. The number of carbonyl (C=O) groups is 1. The van der Waals surface area contributed by atoms with Gasteiger partial charge in [-0.2, -0.15) is 9.49 Å². The highest BCUT2D eigenvalue weighted by Gasteiger charge is 2.18. The molecule has 124 valence electrons. The first-order chi connectivity index (χ1) is 11.4. The monoisotopic (exact) mass is 346 g/mol. The molecule has 0 fully saturated rings. The second-order valence-corrected chi connectivity index (χ2v) is 5.49. The number of halogens is 2. The average Bonchev–Trinajstić information content (AvgIpc) is 2.82. The first-order valence-electron chi connectivity index (χ1n) is 7.13. The average molecular weight is 347 g/mol. The Morgan fingerprint density at radius 1 is 1.08 bits per heavy atom. The molecular formula is C18H16ClFN2O2. The summed E-state index contributed by atoms with van der Waals surface area (Å²) in [6.07, 6.45) is 0. The van der Waals surface area contributed by atoms with Crippen LogP contribution >= 0.6 is 11.6 Å². The summed E-state index contributed by atoms with van der Waals surface area (Å²) in [7, 11) is 1.36. The number of aromatic carboxylic acids is 1. The molecular weight excluding hydrogens is 331 g/mol. The van der Waals surface area contributed by atoms with Crippen molar-refractivity contribution in [1.82, 2.24) is 9.78 Å². The molecule has 4 nitrogen and oxygen atoms in total. The Balaban J connectivity index is 0.000000177. The van der Waals surface area contributed by atoms with Crippen LogP contribution < -0.4 is 0 Å². The summed E-state index contributed by atoms with van der Waals surface area (Å²) in [5, 5.41) is 12.8. The van der Waals surface area contributed by atoms with Crippen molar-refractivity contribution in [2.24, 2.45) is 7.05 Å². The van der Waals surface area contributed by atoms with E-state index in [-0.39, 0.29) is 11.3 Å². The van der Waals surface area contributed by atoms with E-state index in [1.165, 1.54) is 25.1 Å². The van der Waals surface area contributed by atoms with E-state index in [9.17, 15) is 9.18 Å². The van der Waals surface area contributed by atoms with Crippen molar-refractivity contribution in [1.29, 1.82) is 0 Å². The number of carboxylic acids is 1. The van der Waals surface area contributed by atoms with Gasteiger partial charge in [0.25, 0.3) is 0 Å². The molecule has 1 N–H and O–H groups in total. The van der Waals surface area contributed by atoms with Crippen LogP contribution in [-0.2, 0) is 7.05 Å². The molecule has 3 rings (SSSR count). The Bertz CT molecular complexity index is 830. The summed E-state index contributed by atoms with van der Waals surface area (Å²) in [5.41, 5.74) is 2.26. The van der Waals surface area contributed by atoms with Gasteiger partial charge in [-0.3, -0.25) is 0 Å². The number of rotatable bonds is 2. The van der Waals surface area contributed by atoms with Gasteiger partial charge in [0.1, 0.15) is 5.56 Å². The lowest BCUT2D eigenvalue weighted by Gasteiger charge is -2.00. The second-order valence-electron chi connectivity index (χ2n) is 5.05. The van der Waals surface area contributed by atoms with Gasteiger partial charge in [-0.1, -0.05) is 54.1 Å². The van der Waals surface area contributed by atoms with Crippen LogP contribution in [0.3, 0.4) is 0 Å². The van der Waals surface area contributed by atoms with E-state index in [0.29, 0.717) is 0 Å². The lowest BCUT2D eigenvalue weighted by Crippen LogP contribution is -2.01. The second kappa shape index (κ2) is 7.75. The molecule has 0 saturated carbocycles. The van der Waals surface area contributed by atoms with Gasteiger partial charge >= 0.3 is 5.97 Å². The standard InChI is InChI=1S/C12H9Cl.C6H7FN2O2/c13-12-8-6-11(7-9-12)10-4-2-1-3-5-10;1-3-4(6(10)11)5(7)9(2)8-3/h1-9H;1-2H3,(H,10,11). The Morgan fingerprint density at radius 3 is 2.04 bits per heavy atom.